The molecule has 74 valence electrons. The molecule has 0 heterocycles. The number of unbranched alkanes of at least 4 members (excludes halogenated alkanes) is 2. The van der Waals surface area contributed by atoms with Crippen molar-refractivity contribution >= 4 is 21.9 Å². The van der Waals surface area contributed by atoms with Gasteiger partial charge in [0.05, 0.1) is 0 Å². The maximum Gasteiger partial charge on any atom is 0.307 e. The highest BCUT2D eigenvalue weighted by atomic mass is 79.9. The first-order chi connectivity index (χ1) is 6.20. The zero-order valence-corrected chi connectivity index (χ0v) is 9.47. The van der Waals surface area contributed by atoms with Gasteiger partial charge in [0, 0.05) is 11.8 Å². The molecule has 0 spiro atoms. The predicted octanol–water partition coefficient (Wildman–Crippen LogP) is 2.51. The van der Waals surface area contributed by atoms with Crippen LogP contribution in [-0.4, -0.2) is 17.4 Å². The second-order valence-electron chi connectivity index (χ2n) is 2.80. The quantitative estimate of drug-likeness (QED) is 0.312. The zero-order valence-electron chi connectivity index (χ0n) is 7.88. The zero-order chi connectivity index (χ0) is 10.1. The Bertz CT molecular complexity index is 184. The summed E-state index contributed by atoms with van der Waals surface area (Å²) in [4.78, 5) is 11.0. The van der Waals surface area contributed by atoms with Gasteiger partial charge >= 0.3 is 5.97 Å². The molecule has 2 nitrogen and oxygen atoms in total. The molecule has 0 radical (unpaired) electrons. The largest absolute Gasteiger partial charge is 0.449 e. The van der Waals surface area contributed by atoms with E-state index in [-0.39, 0.29) is 5.97 Å². The lowest BCUT2D eigenvalue weighted by atomic mass is 10.2. The third-order valence-corrected chi connectivity index (χ3v) is 2.12. The number of rotatable bonds is 6. The first-order valence-electron chi connectivity index (χ1n) is 4.42. The van der Waals surface area contributed by atoms with Crippen molar-refractivity contribution in [1.29, 1.82) is 0 Å². The molecule has 0 bridgehead atoms. The van der Waals surface area contributed by atoms with E-state index in [0.29, 0.717) is 6.42 Å². The van der Waals surface area contributed by atoms with E-state index in [9.17, 15) is 4.79 Å². The van der Waals surface area contributed by atoms with Crippen LogP contribution in [0.2, 0.25) is 0 Å². The number of alkyl halides is 1. The SMILES string of the molecule is C#CC(C)OC(=O)CCCCCBr. The first-order valence-corrected chi connectivity index (χ1v) is 5.54. The number of hydrogen-bond donors (Lipinski definition) is 0. The Morgan fingerprint density at radius 2 is 2.23 bits per heavy atom. The molecule has 0 amide bonds. The minimum Gasteiger partial charge on any atom is -0.449 e. The highest BCUT2D eigenvalue weighted by molar-refractivity contribution is 9.09. The molecule has 0 aromatic rings. The fraction of sp³-hybridized carbons (Fsp3) is 0.700. The molecule has 0 saturated heterocycles. The number of terminal acetylenes is 1. The minimum absolute atomic E-state index is 0.194. The predicted molar refractivity (Wildman–Crippen MR) is 56.6 cm³/mol. The summed E-state index contributed by atoms with van der Waals surface area (Å²) >= 11 is 3.33. The van der Waals surface area contributed by atoms with E-state index < -0.39 is 6.10 Å². The van der Waals surface area contributed by atoms with Gasteiger partial charge in [0.25, 0.3) is 0 Å². The van der Waals surface area contributed by atoms with Crippen LogP contribution in [0.5, 0.6) is 0 Å². The summed E-state index contributed by atoms with van der Waals surface area (Å²) in [5.41, 5.74) is 0. The maximum absolute atomic E-state index is 11.0. The molecule has 0 aliphatic carbocycles. The Balaban J connectivity index is 3.36. The second-order valence-corrected chi connectivity index (χ2v) is 3.59. The Kier molecular flexibility index (Phi) is 7.82. The van der Waals surface area contributed by atoms with E-state index in [2.05, 4.69) is 21.9 Å². The fourth-order valence-electron chi connectivity index (χ4n) is 0.831. The molecule has 0 aliphatic heterocycles. The van der Waals surface area contributed by atoms with E-state index in [1.165, 1.54) is 0 Å². The standard InChI is InChI=1S/C10H15BrO2/c1-3-9(2)13-10(12)7-5-4-6-8-11/h1,9H,4-8H2,2H3. The summed E-state index contributed by atoms with van der Waals surface area (Å²) in [5, 5.41) is 0.989. The molecule has 0 rings (SSSR count). The van der Waals surface area contributed by atoms with Crippen molar-refractivity contribution < 1.29 is 9.53 Å². The monoisotopic (exact) mass is 246 g/mol. The molecule has 3 heteroatoms. The molecule has 0 aromatic heterocycles. The van der Waals surface area contributed by atoms with Crippen LogP contribution in [0.1, 0.15) is 32.6 Å². The topological polar surface area (TPSA) is 26.3 Å². The van der Waals surface area contributed by atoms with Crippen LogP contribution in [0, 0.1) is 12.3 Å². The number of carbonyl (C=O) groups excluding carboxylic acids is 1. The summed E-state index contributed by atoms with van der Waals surface area (Å²) in [5.74, 6) is 2.15. The van der Waals surface area contributed by atoms with Crippen LogP contribution in [-0.2, 0) is 9.53 Å². The average Bonchev–Trinajstić information content (AvgIpc) is 2.12. The molecule has 0 fully saturated rings. The molecule has 0 aliphatic rings. The van der Waals surface area contributed by atoms with E-state index in [1.807, 2.05) is 0 Å². The Labute approximate surface area is 88.2 Å². The van der Waals surface area contributed by atoms with Gasteiger partial charge in [0.15, 0.2) is 6.10 Å². The van der Waals surface area contributed by atoms with Crippen LogP contribution in [0.15, 0.2) is 0 Å². The van der Waals surface area contributed by atoms with Crippen LogP contribution in [0.3, 0.4) is 0 Å². The third kappa shape index (κ3) is 7.86. The van der Waals surface area contributed by atoms with Crippen molar-refractivity contribution in [3.63, 3.8) is 0 Å². The van der Waals surface area contributed by atoms with Gasteiger partial charge in [-0.1, -0.05) is 28.3 Å². The van der Waals surface area contributed by atoms with E-state index in [0.717, 1.165) is 24.6 Å². The van der Waals surface area contributed by atoms with Crippen LogP contribution in [0.25, 0.3) is 0 Å². The summed E-state index contributed by atoms with van der Waals surface area (Å²) < 4.78 is 4.89. The van der Waals surface area contributed by atoms with Gasteiger partial charge in [-0.2, -0.15) is 0 Å². The van der Waals surface area contributed by atoms with Gasteiger partial charge in [0.1, 0.15) is 0 Å². The third-order valence-electron chi connectivity index (χ3n) is 1.56. The van der Waals surface area contributed by atoms with Crippen molar-refractivity contribution in [1.82, 2.24) is 0 Å². The van der Waals surface area contributed by atoms with Crippen molar-refractivity contribution in [2.24, 2.45) is 0 Å². The maximum atomic E-state index is 11.0. The summed E-state index contributed by atoms with van der Waals surface area (Å²) in [7, 11) is 0. The molecule has 1 atom stereocenters. The number of carbonyl (C=O) groups is 1. The minimum atomic E-state index is -0.399. The number of hydrogen-bond acceptors (Lipinski definition) is 2. The first kappa shape index (κ1) is 12.5. The molecule has 0 saturated carbocycles. The van der Waals surface area contributed by atoms with Crippen LogP contribution < -0.4 is 0 Å². The highest BCUT2D eigenvalue weighted by Crippen LogP contribution is 2.04. The van der Waals surface area contributed by atoms with Gasteiger partial charge in [-0.3, -0.25) is 4.79 Å². The number of halogens is 1. The molecule has 1 unspecified atom stereocenters. The highest BCUT2D eigenvalue weighted by Gasteiger charge is 2.05. The molecular formula is C10H15BrO2. The molecule has 0 N–H and O–H groups in total. The lowest BCUT2D eigenvalue weighted by molar-refractivity contribution is -0.145. The second kappa shape index (κ2) is 8.12. The van der Waals surface area contributed by atoms with Crippen molar-refractivity contribution in [2.45, 2.75) is 38.7 Å². The summed E-state index contributed by atoms with van der Waals surface area (Å²) in [6.07, 6.45) is 8.15. The Morgan fingerprint density at radius 3 is 2.77 bits per heavy atom. The smallest absolute Gasteiger partial charge is 0.307 e. The Hall–Kier alpha value is -0.490. The molecule has 13 heavy (non-hydrogen) atoms. The van der Waals surface area contributed by atoms with Gasteiger partial charge in [-0.15, -0.1) is 6.42 Å². The lowest BCUT2D eigenvalue weighted by Gasteiger charge is -2.06. The van der Waals surface area contributed by atoms with Crippen molar-refractivity contribution in [2.75, 3.05) is 5.33 Å². The Morgan fingerprint density at radius 1 is 1.54 bits per heavy atom. The lowest BCUT2D eigenvalue weighted by Crippen LogP contribution is -2.12. The van der Waals surface area contributed by atoms with Gasteiger partial charge in [-0.25, -0.2) is 0 Å². The molecule has 0 aromatic carbocycles. The van der Waals surface area contributed by atoms with Gasteiger partial charge < -0.3 is 4.74 Å². The van der Waals surface area contributed by atoms with Gasteiger partial charge in [-0.05, 0) is 19.8 Å². The summed E-state index contributed by atoms with van der Waals surface area (Å²) in [6, 6.07) is 0. The van der Waals surface area contributed by atoms with E-state index in [4.69, 9.17) is 11.2 Å². The van der Waals surface area contributed by atoms with Crippen molar-refractivity contribution in [3.05, 3.63) is 0 Å². The number of ether oxygens (including phenoxy) is 1. The van der Waals surface area contributed by atoms with Gasteiger partial charge in [0.2, 0.25) is 0 Å². The van der Waals surface area contributed by atoms with E-state index >= 15 is 0 Å². The number of esters is 1. The summed E-state index contributed by atoms with van der Waals surface area (Å²) in [6.45, 7) is 1.69. The van der Waals surface area contributed by atoms with Crippen molar-refractivity contribution in [3.8, 4) is 12.3 Å². The average molecular weight is 247 g/mol. The van der Waals surface area contributed by atoms with E-state index in [1.54, 1.807) is 6.92 Å². The normalized spacial score (nSPS) is 11.8. The van der Waals surface area contributed by atoms with Crippen LogP contribution >= 0.6 is 15.9 Å². The fourth-order valence-corrected chi connectivity index (χ4v) is 1.23. The molecular weight excluding hydrogens is 232 g/mol. The van der Waals surface area contributed by atoms with Crippen LogP contribution in [0.4, 0.5) is 0 Å².